The molecule has 1 saturated heterocycles. The Morgan fingerprint density at radius 1 is 1.00 bits per heavy atom. The number of nitrogens with zero attached hydrogens (tertiary/aromatic N) is 1. The van der Waals surface area contributed by atoms with Crippen LogP contribution in [0.4, 0.5) is 0 Å². The Bertz CT molecular complexity index is 260. The number of rotatable bonds is 1. The standard InChI is InChI=1S/C12H20N3/c1-2-4-10-9(3-1)5-6-13-11(10)12-14-7-8-15-12/h9-10,13H,1-8H2,(H,14,15). The second-order valence-corrected chi connectivity index (χ2v) is 4.94. The number of fused-ring (bicyclic) bond motifs is 1. The second-order valence-electron chi connectivity index (χ2n) is 4.94. The lowest BCUT2D eigenvalue weighted by atomic mass is 9.71. The number of hydrogen-bond donors (Lipinski definition) is 2. The molecule has 2 aliphatic heterocycles. The minimum absolute atomic E-state index is 0.775. The molecule has 0 spiro atoms. The smallest absolute Gasteiger partial charge is 0.120 e. The van der Waals surface area contributed by atoms with E-state index in [0.29, 0.717) is 0 Å². The maximum atomic E-state index is 4.56. The van der Waals surface area contributed by atoms with Crippen molar-refractivity contribution in [2.24, 2.45) is 16.8 Å². The van der Waals surface area contributed by atoms with Crippen LogP contribution in [0.15, 0.2) is 4.99 Å². The van der Waals surface area contributed by atoms with Gasteiger partial charge in [0, 0.05) is 6.54 Å². The van der Waals surface area contributed by atoms with Crippen LogP contribution in [0.2, 0.25) is 0 Å². The Morgan fingerprint density at radius 2 is 1.93 bits per heavy atom. The van der Waals surface area contributed by atoms with Gasteiger partial charge in [0.25, 0.3) is 0 Å². The van der Waals surface area contributed by atoms with Crippen LogP contribution in [0, 0.1) is 17.9 Å². The van der Waals surface area contributed by atoms with Crippen LogP contribution in [-0.4, -0.2) is 25.5 Å². The molecule has 83 valence electrons. The zero-order chi connectivity index (χ0) is 10.1. The van der Waals surface area contributed by atoms with Gasteiger partial charge in [-0.05, 0) is 31.2 Å². The molecule has 2 heterocycles. The van der Waals surface area contributed by atoms with Gasteiger partial charge >= 0.3 is 0 Å². The van der Waals surface area contributed by atoms with Gasteiger partial charge in [-0.15, -0.1) is 0 Å². The van der Waals surface area contributed by atoms with Crippen molar-refractivity contribution in [1.82, 2.24) is 10.6 Å². The van der Waals surface area contributed by atoms with E-state index < -0.39 is 0 Å². The Balaban J connectivity index is 1.75. The monoisotopic (exact) mass is 206 g/mol. The lowest BCUT2D eigenvalue weighted by molar-refractivity contribution is 0.202. The third kappa shape index (κ3) is 1.78. The third-order valence-electron chi connectivity index (χ3n) is 4.04. The third-order valence-corrected chi connectivity index (χ3v) is 4.04. The number of piperidine rings is 1. The molecule has 0 aromatic rings. The first-order valence-electron chi connectivity index (χ1n) is 6.34. The highest BCUT2D eigenvalue weighted by molar-refractivity contribution is 5.96. The fraction of sp³-hybridized carbons (Fsp3) is 0.833. The summed E-state index contributed by atoms with van der Waals surface area (Å²) in [7, 11) is 0. The van der Waals surface area contributed by atoms with Crippen LogP contribution in [-0.2, 0) is 0 Å². The molecule has 0 aromatic heterocycles. The molecule has 0 amide bonds. The van der Waals surface area contributed by atoms with E-state index in [-0.39, 0.29) is 0 Å². The quantitative estimate of drug-likeness (QED) is 0.679. The van der Waals surface area contributed by atoms with Crippen molar-refractivity contribution >= 4 is 5.84 Å². The molecule has 1 radical (unpaired) electrons. The topological polar surface area (TPSA) is 36.4 Å². The maximum Gasteiger partial charge on any atom is 0.120 e. The molecular weight excluding hydrogens is 186 g/mol. The van der Waals surface area contributed by atoms with Crippen molar-refractivity contribution in [3.8, 4) is 0 Å². The summed E-state index contributed by atoms with van der Waals surface area (Å²) >= 11 is 0. The van der Waals surface area contributed by atoms with Crippen molar-refractivity contribution < 1.29 is 0 Å². The van der Waals surface area contributed by atoms with Gasteiger partial charge in [-0.3, -0.25) is 4.99 Å². The minimum atomic E-state index is 0.775. The zero-order valence-electron chi connectivity index (χ0n) is 9.26. The highest BCUT2D eigenvalue weighted by Gasteiger charge is 2.38. The first kappa shape index (κ1) is 9.64. The summed E-state index contributed by atoms with van der Waals surface area (Å²) in [5.74, 6) is 2.88. The van der Waals surface area contributed by atoms with Gasteiger partial charge < -0.3 is 10.6 Å². The van der Waals surface area contributed by atoms with Crippen molar-refractivity contribution in [3.05, 3.63) is 6.04 Å². The largest absolute Gasteiger partial charge is 0.370 e. The van der Waals surface area contributed by atoms with E-state index in [1.165, 1.54) is 44.0 Å². The van der Waals surface area contributed by atoms with Crippen LogP contribution < -0.4 is 10.6 Å². The van der Waals surface area contributed by atoms with Crippen molar-refractivity contribution in [3.63, 3.8) is 0 Å². The van der Waals surface area contributed by atoms with Gasteiger partial charge in [-0.25, -0.2) is 0 Å². The predicted octanol–water partition coefficient (Wildman–Crippen LogP) is 1.32. The van der Waals surface area contributed by atoms with E-state index in [2.05, 4.69) is 15.6 Å². The maximum absolute atomic E-state index is 4.56. The average molecular weight is 206 g/mol. The van der Waals surface area contributed by atoms with E-state index >= 15 is 0 Å². The summed E-state index contributed by atoms with van der Waals surface area (Å²) < 4.78 is 0. The summed E-state index contributed by atoms with van der Waals surface area (Å²) in [5.41, 5.74) is 0. The highest BCUT2D eigenvalue weighted by atomic mass is 15.1. The summed E-state index contributed by atoms with van der Waals surface area (Å²) in [6, 6.07) is 1.43. The molecule has 2 unspecified atom stereocenters. The van der Waals surface area contributed by atoms with E-state index in [0.717, 1.165) is 31.5 Å². The Labute approximate surface area is 91.7 Å². The lowest BCUT2D eigenvalue weighted by Gasteiger charge is -2.41. The van der Waals surface area contributed by atoms with Gasteiger partial charge in [-0.1, -0.05) is 19.3 Å². The summed E-state index contributed by atoms with van der Waals surface area (Å²) in [5, 5.41) is 6.99. The molecule has 2 fully saturated rings. The fourth-order valence-corrected chi connectivity index (χ4v) is 3.29. The van der Waals surface area contributed by atoms with Crippen LogP contribution in [0.25, 0.3) is 0 Å². The molecule has 2 N–H and O–H groups in total. The Hall–Kier alpha value is -0.570. The highest BCUT2D eigenvalue weighted by Crippen LogP contribution is 2.40. The predicted molar refractivity (Wildman–Crippen MR) is 61.6 cm³/mol. The average Bonchev–Trinajstić information content (AvgIpc) is 2.82. The van der Waals surface area contributed by atoms with Crippen LogP contribution >= 0.6 is 0 Å². The molecule has 3 rings (SSSR count). The molecular formula is C12H20N3. The molecule has 1 aliphatic carbocycles. The molecule has 15 heavy (non-hydrogen) atoms. The second kappa shape index (κ2) is 4.12. The number of nitrogens with one attached hydrogen (secondary N) is 2. The molecule has 2 atom stereocenters. The summed E-state index contributed by atoms with van der Waals surface area (Å²) in [6.45, 7) is 3.13. The minimum Gasteiger partial charge on any atom is -0.370 e. The molecule has 3 heteroatoms. The fourth-order valence-electron chi connectivity index (χ4n) is 3.29. The number of amidine groups is 1. The van der Waals surface area contributed by atoms with Crippen LogP contribution in [0.1, 0.15) is 32.1 Å². The Morgan fingerprint density at radius 3 is 2.80 bits per heavy atom. The van der Waals surface area contributed by atoms with Gasteiger partial charge in [-0.2, -0.15) is 0 Å². The molecule has 0 bridgehead atoms. The first-order valence-corrected chi connectivity index (χ1v) is 6.34. The normalized spacial score (nSPS) is 36.9. The van der Waals surface area contributed by atoms with Crippen molar-refractivity contribution in [1.29, 1.82) is 0 Å². The van der Waals surface area contributed by atoms with Gasteiger partial charge in [0.1, 0.15) is 11.9 Å². The first-order chi connectivity index (χ1) is 7.45. The number of aliphatic imine (C=N–C) groups is 1. The number of hydrogen-bond acceptors (Lipinski definition) is 3. The van der Waals surface area contributed by atoms with E-state index in [9.17, 15) is 0 Å². The van der Waals surface area contributed by atoms with Crippen molar-refractivity contribution in [2.75, 3.05) is 19.6 Å². The molecule has 3 aliphatic rings. The SMILES string of the molecule is C1CCC2[C](C3=NCCN3)NCCC2C1. The van der Waals surface area contributed by atoms with E-state index in [4.69, 9.17) is 0 Å². The molecule has 1 saturated carbocycles. The Kier molecular flexibility index (Phi) is 2.65. The van der Waals surface area contributed by atoms with Crippen molar-refractivity contribution in [2.45, 2.75) is 32.1 Å². The van der Waals surface area contributed by atoms with Gasteiger partial charge in [0.05, 0.1) is 6.54 Å². The van der Waals surface area contributed by atoms with E-state index in [1.807, 2.05) is 0 Å². The van der Waals surface area contributed by atoms with Crippen LogP contribution in [0.5, 0.6) is 0 Å². The molecule has 3 nitrogen and oxygen atoms in total. The lowest BCUT2D eigenvalue weighted by Crippen LogP contribution is -2.48. The van der Waals surface area contributed by atoms with Gasteiger partial charge in [0.2, 0.25) is 0 Å². The summed E-state index contributed by atoms with van der Waals surface area (Å²) in [4.78, 5) is 4.56. The zero-order valence-corrected chi connectivity index (χ0v) is 9.26. The van der Waals surface area contributed by atoms with Crippen LogP contribution in [0.3, 0.4) is 0 Å². The van der Waals surface area contributed by atoms with E-state index in [1.54, 1.807) is 0 Å². The van der Waals surface area contributed by atoms with Gasteiger partial charge in [0.15, 0.2) is 0 Å². The summed E-state index contributed by atoms with van der Waals surface area (Å²) in [6.07, 6.45) is 7.01. The molecule has 0 aromatic carbocycles.